The maximum absolute atomic E-state index is 13.3. The average molecular weight is 493 g/mol. The lowest BCUT2D eigenvalue weighted by Gasteiger charge is -2.34. The Balaban J connectivity index is 1.17. The highest BCUT2D eigenvalue weighted by Gasteiger charge is 2.27. The molecule has 1 atom stereocenters. The second kappa shape index (κ2) is 11.0. The van der Waals surface area contributed by atoms with Crippen LogP contribution in [-0.2, 0) is 24.3 Å². The van der Waals surface area contributed by atoms with Crippen molar-refractivity contribution in [1.82, 2.24) is 19.6 Å². The molecule has 0 unspecified atom stereocenters. The van der Waals surface area contributed by atoms with E-state index in [4.69, 9.17) is 4.74 Å². The first-order valence-electron chi connectivity index (χ1n) is 13.0. The highest BCUT2D eigenvalue weighted by atomic mass is 16.5. The number of aliphatic hydroxyl groups is 1. The van der Waals surface area contributed by atoms with E-state index in [0.29, 0.717) is 37.6 Å². The van der Waals surface area contributed by atoms with Gasteiger partial charge in [0.25, 0.3) is 5.91 Å². The summed E-state index contributed by atoms with van der Waals surface area (Å²) < 4.78 is 5.97. The Morgan fingerprint density at radius 1 is 0.972 bits per heavy atom. The summed E-state index contributed by atoms with van der Waals surface area (Å²) in [5.41, 5.74) is 4.35. The molecule has 3 heterocycles. The largest absolute Gasteiger partial charge is 0.491 e. The molecule has 0 aliphatic carbocycles. The van der Waals surface area contributed by atoms with Gasteiger partial charge in [0.2, 0.25) is 5.91 Å². The first-order chi connectivity index (χ1) is 17.5. The van der Waals surface area contributed by atoms with Crippen molar-refractivity contribution < 1.29 is 19.4 Å². The number of benzene rings is 2. The lowest BCUT2D eigenvalue weighted by Crippen LogP contribution is -2.47. The van der Waals surface area contributed by atoms with Crippen LogP contribution in [-0.4, -0.2) is 102 Å². The maximum Gasteiger partial charge on any atom is 0.257 e. The van der Waals surface area contributed by atoms with Crippen LogP contribution >= 0.6 is 0 Å². The molecule has 192 valence electrons. The van der Waals surface area contributed by atoms with Gasteiger partial charge in [-0.15, -0.1) is 0 Å². The van der Waals surface area contributed by atoms with Crippen molar-refractivity contribution in [3.63, 3.8) is 0 Å². The van der Waals surface area contributed by atoms with Crippen molar-refractivity contribution in [3.05, 3.63) is 64.7 Å². The zero-order valence-electron chi connectivity index (χ0n) is 21.1. The topological polar surface area (TPSA) is 76.6 Å². The predicted molar refractivity (Wildman–Crippen MR) is 137 cm³/mol. The van der Waals surface area contributed by atoms with E-state index in [2.05, 4.69) is 34.1 Å². The molecular weight excluding hydrogens is 456 g/mol. The van der Waals surface area contributed by atoms with E-state index >= 15 is 0 Å². The van der Waals surface area contributed by atoms with Crippen LogP contribution in [0.25, 0.3) is 0 Å². The fourth-order valence-corrected chi connectivity index (χ4v) is 5.47. The van der Waals surface area contributed by atoms with E-state index in [1.54, 1.807) is 11.8 Å². The van der Waals surface area contributed by atoms with Gasteiger partial charge in [0.1, 0.15) is 12.4 Å². The highest BCUT2D eigenvalue weighted by molar-refractivity contribution is 5.97. The quantitative estimate of drug-likeness (QED) is 0.660. The van der Waals surface area contributed by atoms with Gasteiger partial charge in [-0.2, -0.15) is 0 Å². The van der Waals surface area contributed by atoms with E-state index in [1.807, 2.05) is 23.1 Å². The van der Waals surface area contributed by atoms with Crippen molar-refractivity contribution >= 4 is 11.8 Å². The van der Waals surface area contributed by atoms with Gasteiger partial charge < -0.3 is 19.6 Å². The monoisotopic (exact) mass is 492 g/mol. The van der Waals surface area contributed by atoms with Gasteiger partial charge in [-0.3, -0.25) is 19.4 Å². The first kappa shape index (κ1) is 24.7. The van der Waals surface area contributed by atoms with Crippen LogP contribution in [0.5, 0.6) is 5.75 Å². The molecule has 2 aromatic carbocycles. The third-order valence-corrected chi connectivity index (χ3v) is 7.52. The second-order valence-electron chi connectivity index (χ2n) is 10.1. The van der Waals surface area contributed by atoms with E-state index in [9.17, 15) is 14.7 Å². The van der Waals surface area contributed by atoms with Gasteiger partial charge in [0.05, 0.1) is 18.2 Å². The highest BCUT2D eigenvalue weighted by Crippen LogP contribution is 2.26. The summed E-state index contributed by atoms with van der Waals surface area (Å²) in [4.78, 5) is 33.0. The van der Waals surface area contributed by atoms with Gasteiger partial charge in [0.15, 0.2) is 0 Å². The predicted octanol–water partition coefficient (Wildman–Crippen LogP) is 1.60. The summed E-state index contributed by atoms with van der Waals surface area (Å²) in [7, 11) is 0. The molecule has 2 amide bonds. The minimum Gasteiger partial charge on any atom is -0.491 e. The maximum atomic E-state index is 13.3. The van der Waals surface area contributed by atoms with Crippen LogP contribution in [0.15, 0.2) is 42.5 Å². The smallest absolute Gasteiger partial charge is 0.257 e. The number of carbonyl (C=O) groups excluding carboxylic acids is 2. The first-order valence-corrected chi connectivity index (χ1v) is 13.0. The number of ether oxygens (including phenoxy) is 1. The van der Waals surface area contributed by atoms with Gasteiger partial charge >= 0.3 is 0 Å². The van der Waals surface area contributed by atoms with Crippen LogP contribution in [0.2, 0.25) is 0 Å². The fraction of sp³-hybridized carbons (Fsp3) is 0.500. The van der Waals surface area contributed by atoms with Crippen LogP contribution in [0.3, 0.4) is 0 Å². The molecule has 8 heteroatoms. The molecule has 1 saturated heterocycles. The van der Waals surface area contributed by atoms with E-state index in [0.717, 1.165) is 57.8 Å². The van der Waals surface area contributed by atoms with Crippen molar-refractivity contribution in [3.8, 4) is 5.75 Å². The number of fused-ring (bicyclic) bond motifs is 2. The number of piperazine rings is 1. The summed E-state index contributed by atoms with van der Waals surface area (Å²) in [6.45, 7) is 8.99. The Morgan fingerprint density at radius 2 is 1.75 bits per heavy atom. The lowest BCUT2D eigenvalue weighted by atomic mass is 10.00. The van der Waals surface area contributed by atoms with Gasteiger partial charge in [0, 0.05) is 65.8 Å². The fourth-order valence-electron chi connectivity index (χ4n) is 5.47. The van der Waals surface area contributed by atoms with E-state index < -0.39 is 6.10 Å². The Hall–Kier alpha value is -2.94. The molecule has 3 aliphatic heterocycles. The Labute approximate surface area is 213 Å². The van der Waals surface area contributed by atoms with Crippen molar-refractivity contribution in [2.75, 3.05) is 59.0 Å². The lowest BCUT2D eigenvalue weighted by molar-refractivity contribution is -0.130. The van der Waals surface area contributed by atoms with Crippen LogP contribution < -0.4 is 4.74 Å². The molecule has 8 nitrogen and oxygen atoms in total. The normalized spacial score (nSPS) is 19.8. The third kappa shape index (κ3) is 5.72. The Kier molecular flexibility index (Phi) is 7.55. The van der Waals surface area contributed by atoms with Crippen molar-refractivity contribution in [2.45, 2.75) is 32.5 Å². The molecule has 0 radical (unpaired) electrons. The second-order valence-corrected chi connectivity index (χ2v) is 10.1. The molecule has 1 N–H and O–H groups in total. The van der Waals surface area contributed by atoms with Crippen LogP contribution in [0, 0.1) is 0 Å². The SMILES string of the molecule is CC(=O)N1CCN(Cc2ccc3c(c2)OCCN(C[C@H](O)CN2CCc4ccccc4C2)C3=O)CC1. The van der Waals surface area contributed by atoms with Crippen LogP contribution in [0.1, 0.15) is 34.0 Å². The number of hydrogen-bond donors (Lipinski definition) is 1. The molecule has 0 saturated carbocycles. The average Bonchev–Trinajstić information content (AvgIpc) is 3.02. The van der Waals surface area contributed by atoms with Gasteiger partial charge in [-0.05, 0) is 35.2 Å². The standard InChI is InChI=1S/C28H36N4O4/c1-21(33)31-12-10-29(11-13-31)17-22-6-7-26-27(16-22)36-15-14-32(28(26)35)20-25(34)19-30-9-8-23-4-2-3-5-24(23)18-30/h2-7,16,25,34H,8-15,17-20H2,1H3/t25-/m1/s1. The molecule has 36 heavy (non-hydrogen) atoms. The molecule has 0 bridgehead atoms. The number of amides is 2. The molecule has 3 aliphatic rings. The molecule has 0 spiro atoms. The third-order valence-electron chi connectivity index (χ3n) is 7.52. The number of aliphatic hydroxyl groups excluding tert-OH is 1. The van der Waals surface area contributed by atoms with Gasteiger partial charge in [-0.25, -0.2) is 0 Å². The number of carbonyl (C=O) groups is 2. The molecule has 2 aromatic rings. The molecule has 0 aromatic heterocycles. The number of hydrogen-bond acceptors (Lipinski definition) is 6. The number of rotatable bonds is 6. The molecule has 5 rings (SSSR count). The number of nitrogens with zero attached hydrogens (tertiary/aromatic N) is 4. The van der Waals surface area contributed by atoms with Gasteiger partial charge in [-0.1, -0.05) is 30.3 Å². The minimum atomic E-state index is -0.617. The van der Waals surface area contributed by atoms with E-state index in [-0.39, 0.29) is 11.8 Å². The Bertz CT molecular complexity index is 1100. The summed E-state index contributed by atoms with van der Waals surface area (Å²) >= 11 is 0. The zero-order valence-corrected chi connectivity index (χ0v) is 21.1. The van der Waals surface area contributed by atoms with Crippen molar-refractivity contribution in [2.24, 2.45) is 0 Å². The zero-order chi connectivity index (χ0) is 25.1. The van der Waals surface area contributed by atoms with Crippen LogP contribution in [0.4, 0.5) is 0 Å². The summed E-state index contributed by atoms with van der Waals surface area (Å²) in [5.74, 6) is 0.652. The molecular formula is C28H36N4O4. The summed E-state index contributed by atoms with van der Waals surface area (Å²) in [6, 6.07) is 14.3. The molecule has 1 fully saturated rings. The van der Waals surface area contributed by atoms with E-state index in [1.165, 1.54) is 11.1 Å². The summed E-state index contributed by atoms with van der Waals surface area (Å²) in [5, 5.41) is 10.8. The minimum absolute atomic E-state index is 0.0906. The van der Waals surface area contributed by atoms with Crippen molar-refractivity contribution in [1.29, 1.82) is 0 Å². The number of β-amino-alcohol motifs (C(OH)–C–C–N with tert-alkyl or cyclic N) is 1. The Morgan fingerprint density at radius 3 is 2.53 bits per heavy atom. The summed E-state index contributed by atoms with van der Waals surface area (Å²) in [6.07, 6.45) is 0.371.